The fourth-order valence-electron chi connectivity index (χ4n) is 2.77. The van der Waals surface area contributed by atoms with Gasteiger partial charge in [0.25, 0.3) is 0 Å². The van der Waals surface area contributed by atoms with Gasteiger partial charge in [-0.2, -0.15) is 4.98 Å². The fourth-order valence-corrected chi connectivity index (χ4v) is 3.19. The van der Waals surface area contributed by atoms with E-state index in [9.17, 15) is 0 Å². The van der Waals surface area contributed by atoms with Crippen molar-refractivity contribution in [3.05, 3.63) is 46.0 Å². The highest BCUT2D eigenvalue weighted by Gasteiger charge is 2.25. The van der Waals surface area contributed by atoms with Crippen molar-refractivity contribution in [3.63, 3.8) is 0 Å². The van der Waals surface area contributed by atoms with Gasteiger partial charge in [-0.3, -0.25) is 0 Å². The second-order valence-electron chi connectivity index (χ2n) is 5.44. The first-order valence-corrected chi connectivity index (χ1v) is 7.83. The van der Waals surface area contributed by atoms with Gasteiger partial charge in [0.05, 0.1) is 0 Å². The molecule has 2 unspecified atom stereocenters. The van der Waals surface area contributed by atoms with Gasteiger partial charge in [0, 0.05) is 22.9 Å². The molecule has 1 fully saturated rings. The standard InChI is InChI=1S/C15H18BrN3O/c16-13-7-2-1-4-10(13)9-14-18-15(20-19-14)11-5-3-6-12(17)8-11/h1-2,4,7,11-12H,3,5-6,8-9,17H2. The van der Waals surface area contributed by atoms with Crippen LogP contribution in [0, 0.1) is 0 Å². The normalized spacial score (nSPS) is 22.9. The van der Waals surface area contributed by atoms with E-state index in [4.69, 9.17) is 10.3 Å². The molecule has 20 heavy (non-hydrogen) atoms. The van der Waals surface area contributed by atoms with Crippen LogP contribution in [0.1, 0.15) is 48.9 Å². The summed E-state index contributed by atoms with van der Waals surface area (Å²) in [6, 6.07) is 8.37. The monoisotopic (exact) mass is 335 g/mol. The molecular formula is C15H18BrN3O. The Labute approximate surface area is 126 Å². The Morgan fingerprint density at radius 2 is 2.15 bits per heavy atom. The molecule has 2 aromatic rings. The first-order valence-electron chi connectivity index (χ1n) is 7.04. The summed E-state index contributed by atoms with van der Waals surface area (Å²) < 4.78 is 6.51. The molecule has 1 aliphatic rings. The molecule has 5 heteroatoms. The highest BCUT2D eigenvalue weighted by atomic mass is 79.9. The highest BCUT2D eigenvalue weighted by molar-refractivity contribution is 9.10. The molecular weight excluding hydrogens is 318 g/mol. The summed E-state index contributed by atoms with van der Waals surface area (Å²) in [6.45, 7) is 0. The maximum absolute atomic E-state index is 6.02. The van der Waals surface area contributed by atoms with Crippen molar-refractivity contribution in [2.45, 2.75) is 44.1 Å². The zero-order chi connectivity index (χ0) is 13.9. The topological polar surface area (TPSA) is 64.9 Å². The van der Waals surface area contributed by atoms with E-state index in [2.05, 4.69) is 32.1 Å². The maximum atomic E-state index is 6.02. The molecule has 2 N–H and O–H groups in total. The van der Waals surface area contributed by atoms with E-state index >= 15 is 0 Å². The molecule has 1 saturated carbocycles. The summed E-state index contributed by atoms with van der Waals surface area (Å²) >= 11 is 3.54. The van der Waals surface area contributed by atoms with E-state index in [0.29, 0.717) is 12.3 Å². The zero-order valence-corrected chi connectivity index (χ0v) is 12.8. The third kappa shape index (κ3) is 3.10. The number of nitrogens with two attached hydrogens (primary N) is 1. The molecule has 0 spiro atoms. The predicted octanol–water partition coefficient (Wildman–Crippen LogP) is 3.41. The van der Waals surface area contributed by atoms with Gasteiger partial charge in [0.15, 0.2) is 5.82 Å². The molecule has 106 valence electrons. The Kier molecular flexibility index (Phi) is 4.17. The zero-order valence-electron chi connectivity index (χ0n) is 11.3. The van der Waals surface area contributed by atoms with Gasteiger partial charge >= 0.3 is 0 Å². The average molecular weight is 336 g/mol. The summed E-state index contributed by atoms with van der Waals surface area (Å²) in [5.41, 5.74) is 7.18. The summed E-state index contributed by atoms with van der Waals surface area (Å²) in [5.74, 6) is 1.83. The molecule has 0 saturated heterocycles. The van der Waals surface area contributed by atoms with Crippen molar-refractivity contribution >= 4 is 15.9 Å². The minimum Gasteiger partial charge on any atom is -0.339 e. The quantitative estimate of drug-likeness (QED) is 0.933. The van der Waals surface area contributed by atoms with Crippen molar-refractivity contribution in [3.8, 4) is 0 Å². The van der Waals surface area contributed by atoms with Crippen LogP contribution in [0.5, 0.6) is 0 Å². The second kappa shape index (κ2) is 6.06. The van der Waals surface area contributed by atoms with Gasteiger partial charge < -0.3 is 10.3 Å². The minimum atomic E-state index is 0.271. The van der Waals surface area contributed by atoms with Gasteiger partial charge in [-0.15, -0.1) is 0 Å². The van der Waals surface area contributed by atoms with E-state index in [1.165, 1.54) is 5.56 Å². The summed E-state index contributed by atoms with van der Waals surface area (Å²) in [6.07, 6.45) is 4.99. The molecule has 4 nitrogen and oxygen atoms in total. The number of aromatic nitrogens is 2. The van der Waals surface area contributed by atoms with E-state index in [1.54, 1.807) is 0 Å². The van der Waals surface area contributed by atoms with Crippen LogP contribution in [0.2, 0.25) is 0 Å². The molecule has 0 aliphatic heterocycles. The minimum absolute atomic E-state index is 0.271. The molecule has 1 aromatic heterocycles. The lowest BCUT2D eigenvalue weighted by atomic mass is 9.86. The van der Waals surface area contributed by atoms with Crippen LogP contribution in [-0.4, -0.2) is 16.2 Å². The van der Waals surface area contributed by atoms with Crippen molar-refractivity contribution in [1.82, 2.24) is 10.1 Å². The van der Waals surface area contributed by atoms with E-state index in [0.717, 1.165) is 41.9 Å². The Balaban J connectivity index is 1.72. The number of halogens is 1. The largest absolute Gasteiger partial charge is 0.339 e. The Bertz CT molecular complexity index is 584. The molecule has 3 rings (SSSR count). The van der Waals surface area contributed by atoms with Crippen LogP contribution in [-0.2, 0) is 6.42 Å². The maximum Gasteiger partial charge on any atom is 0.229 e. The lowest BCUT2D eigenvalue weighted by molar-refractivity contribution is 0.297. The number of hydrogen-bond donors (Lipinski definition) is 1. The summed E-state index contributed by atoms with van der Waals surface area (Å²) in [5, 5.41) is 4.11. The van der Waals surface area contributed by atoms with Crippen LogP contribution in [0.4, 0.5) is 0 Å². The number of rotatable bonds is 3. The van der Waals surface area contributed by atoms with Gasteiger partial charge in [0.2, 0.25) is 5.89 Å². The van der Waals surface area contributed by atoms with Crippen LogP contribution in [0.25, 0.3) is 0 Å². The molecule has 0 amide bonds. The van der Waals surface area contributed by atoms with Crippen molar-refractivity contribution in [1.29, 1.82) is 0 Å². The first-order chi connectivity index (χ1) is 9.72. The lowest BCUT2D eigenvalue weighted by Gasteiger charge is -2.23. The van der Waals surface area contributed by atoms with Crippen LogP contribution < -0.4 is 5.73 Å². The second-order valence-corrected chi connectivity index (χ2v) is 6.29. The van der Waals surface area contributed by atoms with E-state index < -0.39 is 0 Å². The third-order valence-electron chi connectivity index (χ3n) is 3.85. The first kappa shape index (κ1) is 13.8. The lowest BCUT2D eigenvalue weighted by Crippen LogP contribution is -2.26. The number of nitrogens with zero attached hydrogens (tertiary/aromatic N) is 2. The van der Waals surface area contributed by atoms with Crippen molar-refractivity contribution < 1.29 is 4.52 Å². The molecule has 1 aromatic carbocycles. The summed E-state index contributed by atoms with van der Waals surface area (Å²) in [4.78, 5) is 4.55. The number of hydrogen-bond acceptors (Lipinski definition) is 4. The molecule has 0 radical (unpaired) electrons. The van der Waals surface area contributed by atoms with Crippen LogP contribution in [0.15, 0.2) is 33.3 Å². The molecule has 1 heterocycles. The molecule has 1 aliphatic carbocycles. The SMILES string of the molecule is NC1CCCC(c2nc(Cc3ccccc3Br)no2)C1. The van der Waals surface area contributed by atoms with Gasteiger partial charge in [-0.05, 0) is 30.9 Å². The predicted molar refractivity (Wildman–Crippen MR) is 80.4 cm³/mol. The van der Waals surface area contributed by atoms with E-state index in [-0.39, 0.29) is 6.04 Å². The van der Waals surface area contributed by atoms with Gasteiger partial charge in [-0.25, -0.2) is 0 Å². The van der Waals surface area contributed by atoms with Crippen molar-refractivity contribution in [2.24, 2.45) is 5.73 Å². The average Bonchev–Trinajstić information content (AvgIpc) is 2.90. The van der Waals surface area contributed by atoms with Crippen LogP contribution in [0.3, 0.4) is 0 Å². The number of benzene rings is 1. The Hall–Kier alpha value is -1.20. The Morgan fingerprint density at radius 3 is 2.95 bits per heavy atom. The van der Waals surface area contributed by atoms with E-state index in [1.807, 2.05) is 18.2 Å². The molecule has 2 atom stereocenters. The van der Waals surface area contributed by atoms with Gasteiger partial charge in [-0.1, -0.05) is 45.7 Å². The van der Waals surface area contributed by atoms with Crippen molar-refractivity contribution in [2.75, 3.05) is 0 Å². The smallest absolute Gasteiger partial charge is 0.229 e. The highest BCUT2D eigenvalue weighted by Crippen LogP contribution is 2.31. The fraction of sp³-hybridized carbons (Fsp3) is 0.467. The van der Waals surface area contributed by atoms with Crippen LogP contribution >= 0.6 is 15.9 Å². The Morgan fingerprint density at radius 1 is 1.30 bits per heavy atom. The molecule has 0 bridgehead atoms. The van der Waals surface area contributed by atoms with Gasteiger partial charge in [0.1, 0.15) is 0 Å². The third-order valence-corrected chi connectivity index (χ3v) is 4.63. The summed E-state index contributed by atoms with van der Waals surface area (Å²) in [7, 11) is 0.